The summed E-state index contributed by atoms with van der Waals surface area (Å²) in [6, 6.07) is 5.61. The molecular weight excluding hydrogens is 322 g/mol. The first-order valence-corrected chi connectivity index (χ1v) is 8.42. The summed E-state index contributed by atoms with van der Waals surface area (Å²) < 4.78 is 16.0. The Bertz CT molecular complexity index is 569. The molecule has 1 rings (SSSR count). The zero-order chi connectivity index (χ0) is 18.8. The van der Waals surface area contributed by atoms with Crippen molar-refractivity contribution in [1.82, 2.24) is 5.32 Å². The number of esters is 1. The smallest absolute Gasteiger partial charge is 0.331 e. The summed E-state index contributed by atoms with van der Waals surface area (Å²) in [5, 5.41) is 13.0. The molecule has 0 fully saturated rings. The van der Waals surface area contributed by atoms with Crippen LogP contribution in [0.25, 0.3) is 6.08 Å². The van der Waals surface area contributed by atoms with Gasteiger partial charge in [-0.3, -0.25) is 0 Å². The number of carbonyl (C=O) groups excluding carboxylic acids is 1. The molecule has 0 bridgehead atoms. The van der Waals surface area contributed by atoms with Gasteiger partial charge in [0.1, 0.15) is 12.7 Å². The molecule has 1 aromatic rings. The van der Waals surface area contributed by atoms with Crippen LogP contribution in [0.2, 0.25) is 0 Å². The largest absolute Gasteiger partial charge is 0.493 e. The van der Waals surface area contributed by atoms with Crippen molar-refractivity contribution in [2.45, 2.75) is 45.9 Å². The van der Waals surface area contributed by atoms with Gasteiger partial charge < -0.3 is 24.6 Å². The number of carbonyl (C=O) groups is 1. The molecule has 140 valence electrons. The Hall–Kier alpha value is -2.05. The van der Waals surface area contributed by atoms with Gasteiger partial charge in [-0.1, -0.05) is 19.9 Å². The van der Waals surface area contributed by atoms with Gasteiger partial charge in [0.2, 0.25) is 0 Å². The minimum atomic E-state index is -0.613. The number of methoxy groups -OCH3 is 1. The van der Waals surface area contributed by atoms with E-state index in [1.54, 1.807) is 45.2 Å². The summed E-state index contributed by atoms with van der Waals surface area (Å²) in [6.07, 6.45) is 2.26. The number of rotatable bonds is 10. The average molecular weight is 351 g/mol. The highest BCUT2D eigenvalue weighted by Crippen LogP contribution is 2.28. The Morgan fingerprint density at radius 2 is 1.96 bits per heavy atom. The Morgan fingerprint density at radius 3 is 2.56 bits per heavy atom. The van der Waals surface area contributed by atoms with Crippen molar-refractivity contribution in [3.63, 3.8) is 0 Å². The van der Waals surface area contributed by atoms with Gasteiger partial charge in [-0.2, -0.15) is 0 Å². The first-order chi connectivity index (χ1) is 11.8. The van der Waals surface area contributed by atoms with Crippen molar-refractivity contribution in [3.05, 3.63) is 29.8 Å². The first kappa shape index (κ1) is 21.0. The van der Waals surface area contributed by atoms with Crippen LogP contribution in [0.4, 0.5) is 0 Å². The zero-order valence-electron chi connectivity index (χ0n) is 15.6. The Balaban J connectivity index is 2.65. The molecule has 6 nitrogen and oxygen atoms in total. The van der Waals surface area contributed by atoms with Crippen molar-refractivity contribution in [2.75, 3.05) is 20.3 Å². The fourth-order valence-corrected chi connectivity index (χ4v) is 1.96. The van der Waals surface area contributed by atoms with E-state index in [9.17, 15) is 9.90 Å². The molecule has 1 aromatic carbocycles. The van der Waals surface area contributed by atoms with Crippen LogP contribution in [0.1, 0.15) is 33.3 Å². The maximum absolute atomic E-state index is 11.5. The standard InChI is InChI=1S/C19H29NO5/c1-13(2)20-11-16(21)12-24-17-8-6-15(10-18(17)23-5)7-9-19(22)25-14(3)4/h6-10,13-14,16,20-21H,11-12H2,1-5H3. The van der Waals surface area contributed by atoms with Crippen LogP contribution in [0, 0.1) is 0 Å². The van der Waals surface area contributed by atoms with Gasteiger partial charge in [-0.05, 0) is 37.6 Å². The topological polar surface area (TPSA) is 77.0 Å². The lowest BCUT2D eigenvalue weighted by Gasteiger charge is -2.16. The van der Waals surface area contributed by atoms with Crippen LogP contribution in [-0.2, 0) is 9.53 Å². The highest BCUT2D eigenvalue weighted by Gasteiger charge is 2.10. The van der Waals surface area contributed by atoms with E-state index in [-0.39, 0.29) is 12.7 Å². The van der Waals surface area contributed by atoms with Crippen LogP contribution in [0.3, 0.4) is 0 Å². The van der Waals surface area contributed by atoms with E-state index in [0.717, 1.165) is 5.56 Å². The average Bonchev–Trinajstić information content (AvgIpc) is 2.55. The number of benzene rings is 1. The van der Waals surface area contributed by atoms with E-state index in [4.69, 9.17) is 14.2 Å². The normalized spacial score (nSPS) is 12.6. The fraction of sp³-hybridized carbons (Fsp3) is 0.526. The molecule has 25 heavy (non-hydrogen) atoms. The zero-order valence-corrected chi connectivity index (χ0v) is 15.6. The predicted molar refractivity (Wildman–Crippen MR) is 97.9 cm³/mol. The lowest BCUT2D eigenvalue weighted by molar-refractivity contribution is -0.141. The molecule has 0 saturated heterocycles. The van der Waals surface area contributed by atoms with E-state index < -0.39 is 12.1 Å². The van der Waals surface area contributed by atoms with Gasteiger partial charge in [0.15, 0.2) is 11.5 Å². The van der Waals surface area contributed by atoms with Gasteiger partial charge in [0, 0.05) is 18.7 Å². The molecule has 1 atom stereocenters. The number of hydrogen-bond acceptors (Lipinski definition) is 6. The van der Waals surface area contributed by atoms with Crippen molar-refractivity contribution in [2.24, 2.45) is 0 Å². The monoisotopic (exact) mass is 351 g/mol. The van der Waals surface area contributed by atoms with Crippen LogP contribution in [0.15, 0.2) is 24.3 Å². The Kier molecular flexibility index (Phi) is 9.02. The molecule has 0 aromatic heterocycles. The predicted octanol–water partition coefficient (Wildman–Crippen LogP) is 2.40. The minimum Gasteiger partial charge on any atom is -0.493 e. The number of ether oxygens (including phenoxy) is 3. The van der Waals surface area contributed by atoms with Crippen molar-refractivity contribution < 1.29 is 24.1 Å². The first-order valence-electron chi connectivity index (χ1n) is 8.42. The summed E-state index contributed by atoms with van der Waals surface area (Å²) >= 11 is 0. The van der Waals surface area contributed by atoms with Gasteiger partial charge in [-0.25, -0.2) is 4.79 Å². The number of aliphatic hydroxyl groups excluding tert-OH is 1. The van der Waals surface area contributed by atoms with Gasteiger partial charge in [0.25, 0.3) is 0 Å². The lowest BCUT2D eigenvalue weighted by Crippen LogP contribution is -2.35. The molecule has 0 radical (unpaired) electrons. The molecule has 0 saturated carbocycles. The molecule has 0 amide bonds. The second kappa shape index (κ2) is 10.7. The minimum absolute atomic E-state index is 0.154. The van der Waals surface area contributed by atoms with Crippen LogP contribution < -0.4 is 14.8 Å². The van der Waals surface area contributed by atoms with E-state index in [1.807, 2.05) is 13.8 Å². The highest BCUT2D eigenvalue weighted by molar-refractivity contribution is 5.87. The van der Waals surface area contributed by atoms with Gasteiger partial charge in [-0.15, -0.1) is 0 Å². The third-order valence-corrected chi connectivity index (χ3v) is 3.14. The summed E-state index contributed by atoms with van der Waals surface area (Å²) in [4.78, 5) is 11.5. The van der Waals surface area contributed by atoms with Crippen molar-refractivity contribution >= 4 is 12.0 Å². The molecule has 0 aliphatic carbocycles. The van der Waals surface area contributed by atoms with Gasteiger partial charge >= 0.3 is 5.97 Å². The molecule has 0 spiro atoms. The maximum atomic E-state index is 11.5. The summed E-state index contributed by atoms with van der Waals surface area (Å²) in [6.45, 7) is 8.24. The highest BCUT2D eigenvalue weighted by atomic mass is 16.5. The van der Waals surface area contributed by atoms with E-state index in [1.165, 1.54) is 6.08 Å². The third kappa shape index (κ3) is 8.56. The number of aliphatic hydroxyl groups is 1. The maximum Gasteiger partial charge on any atom is 0.331 e. The van der Waals surface area contributed by atoms with Crippen LogP contribution in [0.5, 0.6) is 11.5 Å². The van der Waals surface area contributed by atoms with Crippen molar-refractivity contribution in [3.8, 4) is 11.5 Å². The molecule has 6 heteroatoms. The molecule has 1 unspecified atom stereocenters. The summed E-state index contributed by atoms with van der Waals surface area (Å²) in [5.41, 5.74) is 0.784. The SMILES string of the molecule is COc1cc(C=CC(=O)OC(C)C)ccc1OCC(O)CNC(C)C. The second-order valence-corrected chi connectivity index (χ2v) is 6.26. The Morgan fingerprint density at radius 1 is 1.24 bits per heavy atom. The van der Waals surface area contributed by atoms with Crippen LogP contribution >= 0.6 is 0 Å². The molecule has 0 heterocycles. The van der Waals surface area contributed by atoms with E-state index >= 15 is 0 Å². The summed E-state index contributed by atoms with van der Waals surface area (Å²) in [7, 11) is 1.54. The Labute approximate surface area is 149 Å². The van der Waals surface area contributed by atoms with Gasteiger partial charge in [0.05, 0.1) is 13.2 Å². The fourth-order valence-electron chi connectivity index (χ4n) is 1.96. The summed E-state index contributed by atoms with van der Waals surface area (Å²) in [5.74, 6) is 0.673. The number of nitrogens with one attached hydrogen (secondary N) is 1. The molecule has 0 aliphatic rings. The second-order valence-electron chi connectivity index (χ2n) is 6.26. The third-order valence-electron chi connectivity index (χ3n) is 3.14. The molecule has 2 N–H and O–H groups in total. The quantitative estimate of drug-likeness (QED) is 0.498. The molecule has 0 aliphatic heterocycles. The molecular formula is C19H29NO5. The van der Waals surface area contributed by atoms with E-state index in [2.05, 4.69) is 5.32 Å². The number of hydrogen-bond donors (Lipinski definition) is 2. The van der Waals surface area contributed by atoms with Crippen molar-refractivity contribution in [1.29, 1.82) is 0 Å². The van der Waals surface area contributed by atoms with E-state index in [0.29, 0.717) is 24.1 Å². The van der Waals surface area contributed by atoms with Crippen LogP contribution in [-0.4, -0.2) is 49.6 Å². The lowest BCUT2D eigenvalue weighted by atomic mass is 10.2.